The van der Waals surface area contributed by atoms with Gasteiger partial charge in [-0.1, -0.05) is 11.6 Å². The van der Waals surface area contributed by atoms with Gasteiger partial charge in [0.15, 0.2) is 5.75 Å². The van der Waals surface area contributed by atoms with E-state index in [1.54, 1.807) is 11.9 Å². The molecule has 0 aliphatic carbocycles. The molecule has 134 valence electrons. The van der Waals surface area contributed by atoms with Gasteiger partial charge >= 0.3 is 5.75 Å². The van der Waals surface area contributed by atoms with Crippen molar-refractivity contribution in [2.75, 3.05) is 17.3 Å². The van der Waals surface area contributed by atoms with Gasteiger partial charge in [0.1, 0.15) is 12.1 Å². The molecular formula is C16H14ClFN5O3+. The zero-order valence-electron chi connectivity index (χ0n) is 13.4. The van der Waals surface area contributed by atoms with Gasteiger partial charge in [-0.2, -0.15) is 4.98 Å². The molecule has 0 aliphatic heterocycles. The molecule has 8 nitrogen and oxygen atoms in total. The van der Waals surface area contributed by atoms with Crippen LogP contribution in [-0.2, 0) is 0 Å². The van der Waals surface area contributed by atoms with Crippen LogP contribution >= 0.6 is 11.6 Å². The summed E-state index contributed by atoms with van der Waals surface area (Å²) in [4.78, 5) is 13.8. The molecule has 0 spiro atoms. The average molecular weight is 379 g/mol. The molecule has 3 aromatic rings. The molecule has 0 atom stereocenters. The van der Waals surface area contributed by atoms with Gasteiger partial charge in [-0.25, -0.2) is 14.4 Å². The zero-order chi connectivity index (χ0) is 18.8. The largest absolute Gasteiger partial charge is 0.591 e. The molecule has 0 saturated carbocycles. The first kappa shape index (κ1) is 17.5. The fourth-order valence-electron chi connectivity index (χ4n) is 2.14. The van der Waals surface area contributed by atoms with E-state index in [-0.39, 0.29) is 22.7 Å². The topological polar surface area (TPSA) is 117 Å². The number of anilines is 4. The van der Waals surface area contributed by atoms with Gasteiger partial charge in [-0.3, -0.25) is 0 Å². The standard InChI is InChI=1S/C16H13ClFN5O3/c1-23(9-2-3-11(18)10(17)6-9)16-20-7-19-15(22-16)21-8-4-12(24)14(26)13(25)5-8/h2-7,24-26H,1H3,(H,19,20,21,22)/p+1. The number of aromatic nitrogens is 3. The van der Waals surface area contributed by atoms with Crippen LogP contribution in [0.5, 0.6) is 17.2 Å². The number of rotatable bonds is 4. The number of aromatic hydroxyl groups is 2. The van der Waals surface area contributed by atoms with Gasteiger partial charge in [0.05, 0.1) is 16.8 Å². The predicted octanol–water partition coefficient (Wildman–Crippen LogP) is 3.02. The second kappa shape index (κ2) is 6.89. The first-order valence-electron chi connectivity index (χ1n) is 7.27. The number of nitrogens with one attached hydrogen (secondary N) is 1. The van der Waals surface area contributed by atoms with Gasteiger partial charge in [0, 0.05) is 18.8 Å². The fraction of sp³-hybridized carbons (Fsp3) is 0.0625. The van der Waals surface area contributed by atoms with E-state index in [1.165, 1.54) is 36.7 Å². The highest BCUT2D eigenvalue weighted by Crippen LogP contribution is 2.38. The van der Waals surface area contributed by atoms with Crippen molar-refractivity contribution in [3.63, 3.8) is 0 Å². The summed E-state index contributed by atoms with van der Waals surface area (Å²) < 4.78 is 13.3. The number of nitrogens with zero attached hydrogens (tertiary/aromatic N) is 4. The van der Waals surface area contributed by atoms with Crippen LogP contribution in [0.2, 0.25) is 5.02 Å². The second-order valence-corrected chi connectivity index (χ2v) is 5.69. The number of benzene rings is 2. The molecule has 3 rings (SSSR count). The van der Waals surface area contributed by atoms with Crippen LogP contribution in [0.3, 0.4) is 0 Å². The minimum absolute atomic E-state index is 0.0238. The van der Waals surface area contributed by atoms with Gasteiger partial charge in [0.2, 0.25) is 11.9 Å². The summed E-state index contributed by atoms with van der Waals surface area (Å²) in [6, 6.07) is 6.76. The van der Waals surface area contributed by atoms with Crippen LogP contribution in [0.4, 0.5) is 27.7 Å². The number of phenolic OH excluding ortho intramolecular Hbond substituents is 2. The Hall–Kier alpha value is -3.33. The molecule has 0 fully saturated rings. The third kappa shape index (κ3) is 3.52. The van der Waals surface area contributed by atoms with Gasteiger partial charge in [0.25, 0.3) is 5.75 Å². The highest BCUT2D eigenvalue weighted by molar-refractivity contribution is 6.31. The lowest BCUT2D eigenvalue weighted by atomic mass is 10.2. The molecule has 26 heavy (non-hydrogen) atoms. The first-order chi connectivity index (χ1) is 12.3. The Balaban J connectivity index is 1.87. The third-order valence-electron chi connectivity index (χ3n) is 3.50. The first-order valence-corrected chi connectivity index (χ1v) is 7.65. The molecule has 10 heteroatoms. The Morgan fingerprint density at radius 3 is 2.65 bits per heavy atom. The minimum Gasteiger partial charge on any atom is -0.591 e. The summed E-state index contributed by atoms with van der Waals surface area (Å²) in [5.74, 6) is -1.31. The Morgan fingerprint density at radius 2 is 1.96 bits per heavy atom. The van der Waals surface area contributed by atoms with E-state index in [0.29, 0.717) is 11.4 Å². The molecular weight excluding hydrogens is 365 g/mol. The molecule has 0 saturated heterocycles. The quantitative estimate of drug-likeness (QED) is 0.363. The Labute approximate surface area is 152 Å². The van der Waals surface area contributed by atoms with Crippen LogP contribution in [0, 0.1) is 5.82 Å². The highest BCUT2D eigenvalue weighted by atomic mass is 35.5. The Morgan fingerprint density at radius 1 is 1.19 bits per heavy atom. The number of hydrogen-bond donors (Lipinski definition) is 3. The van der Waals surface area contributed by atoms with Crippen LogP contribution in [-0.4, -0.2) is 37.3 Å². The lowest BCUT2D eigenvalue weighted by Crippen LogP contribution is -2.14. The predicted molar refractivity (Wildman–Crippen MR) is 95.4 cm³/mol. The SMILES string of the molecule is CN(c1ccc(F)c(Cl)c1)c1ncnc(Nc2cc(O)c(O)c([OH2+])c2)n1. The van der Waals surface area contributed by atoms with Crippen LogP contribution < -0.4 is 10.2 Å². The lowest BCUT2D eigenvalue weighted by molar-refractivity contribution is 0.368. The van der Waals surface area contributed by atoms with Crippen molar-refractivity contribution < 1.29 is 19.7 Å². The van der Waals surface area contributed by atoms with Gasteiger partial charge < -0.3 is 25.5 Å². The van der Waals surface area contributed by atoms with Crippen molar-refractivity contribution in [2.24, 2.45) is 0 Å². The summed E-state index contributed by atoms with van der Waals surface area (Å²) in [5.41, 5.74) is 0.888. The van der Waals surface area contributed by atoms with E-state index in [0.717, 1.165) is 0 Å². The van der Waals surface area contributed by atoms with Crippen LogP contribution in [0.15, 0.2) is 36.7 Å². The maximum atomic E-state index is 13.3. The Kier molecular flexibility index (Phi) is 4.63. The molecule has 1 heterocycles. The highest BCUT2D eigenvalue weighted by Gasteiger charge is 2.14. The summed E-state index contributed by atoms with van der Waals surface area (Å²) in [6.45, 7) is 0. The van der Waals surface area contributed by atoms with Crippen molar-refractivity contribution >= 4 is 34.9 Å². The van der Waals surface area contributed by atoms with Crippen molar-refractivity contribution in [1.29, 1.82) is 0 Å². The summed E-state index contributed by atoms with van der Waals surface area (Å²) in [5, 5.41) is 29.4. The summed E-state index contributed by atoms with van der Waals surface area (Å²) in [7, 11) is 1.68. The van der Waals surface area contributed by atoms with E-state index in [1.807, 2.05) is 0 Å². The summed E-state index contributed by atoms with van der Waals surface area (Å²) in [6.07, 6.45) is 1.27. The van der Waals surface area contributed by atoms with E-state index in [2.05, 4.69) is 20.3 Å². The average Bonchev–Trinajstić information content (AvgIpc) is 2.61. The van der Waals surface area contributed by atoms with E-state index in [9.17, 15) is 14.6 Å². The van der Waals surface area contributed by atoms with E-state index in [4.69, 9.17) is 16.7 Å². The molecule has 0 bridgehead atoms. The van der Waals surface area contributed by atoms with Crippen LogP contribution in [0.1, 0.15) is 0 Å². The molecule has 1 aromatic heterocycles. The van der Waals surface area contributed by atoms with Crippen molar-refractivity contribution in [3.05, 3.63) is 47.5 Å². The van der Waals surface area contributed by atoms with Gasteiger partial charge in [-0.05, 0) is 18.2 Å². The lowest BCUT2D eigenvalue weighted by Gasteiger charge is -2.17. The molecule has 0 aliphatic rings. The van der Waals surface area contributed by atoms with Crippen molar-refractivity contribution in [1.82, 2.24) is 15.0 Å². The Bertz CT molecular complexity index is 949. The third-order valence-corrected chi connectivity index (χ3v) is 3.79. The minimum atomic E-state index is -0.528. The smallest absolute Gasteiger partial charge is 0.302 e. The number of phenols is 2. The number of hydrogen-bond acceptors (Lipinski definition) is 7. The van der Waals surface area contributed by atoms with Crippen molar-refractivity contribution in [2.45, 2.75) is 0 Å². The van der Waals surface area contributed by atoms with Gasteiger partial charge in [-0.15, -0.1) is 0 Å². The van der Waals surface area contributed by atoms with E-state index >= 15 is 0 Å². The second-order valence-electron chi connectivity index (χ2n) is 5.28. The fourth-order valence-corrected chi connectivity index (χ4v) is 2.31. The van der Waals surface area contributed by atoms with Crippen LogP contribution in [0.25, 0.3) is 0 Å². The maximum absolute atomic E-state index is 13.3. The zero-order valence-corrected chi connectivity index (χ0v) is 14.2. The number of halogens is 2. The molecule has 0 radical (unpaired) electrons. The van der Waals surface area contributed by atoms with E-state index < -0.39 is 17.3 Å². The monoisotopic (exact) mass is 378 g/mol. The van der Waals surface area contributed by atoms with Crippen molar-refractivity contribution in [3.8, 4) is 17.2 Å². The normalized spacial score (nSPS) is 10.6. The summed E-state index contributed by atoms with van der Waals surface area (Å²) >= 11 is 5.80. The molecule has 2 aromatic carbocycles. The maximum Gasteiger partial charge on any atom is 0.302 e. The molecule has 5 N–H and O–H groups in total. The molecule has 0 unspecified atom stereocenters. The molecule has 0 amide bonds.